The molecule has 0 radical (unpaired) electrons. The highest BCUT2D eigenvalue weighted by atomic mass is 16.7. The first-order valence-corrected chi connectivity index (χ1v) is 10.5. The van der Waals surface area contributed by atoms with Crippen molar-refractivity contribution in [2.24, 2.45) is 5.92 Å². The minimum Gasteiger partial charge on any atom is -0.467 e. The van der Waals surface area contributed by atoms with Crippen molar-refractivity contribution in [1.29, 1.82) is 0 Å². The number of carbonyl (C=O) groups excluding carboxylic acids is 1. The number of rotatable bonds is 6. The average molecular weight is 457 g/mol. The monoisotopic (exact) mass is 457 g/mol. The standard InChI is InChI=1S/C22H23N3O8/c1-14-4-6-23(7-5-14)19-3-2-15(10-20(19)25(29)30)22(26)32-12-17-9-18(24(27)28)8-16-11-31-13-33-21(16)17/h2-3,8-10,14H,4-7,11-13H2,1H3. The number of non-ortho nitro benzene ring substituents is 1. The van der Waals surface area contributed by atoms with Crippen LogP contribution in [0.4, 0.5) is 17.1 Å². The first kappa shape index (κ1) is 22.5. The van der Waals surface area contributed by atoms with Crippen LogP contribution in [0.3, 0.4) is 0 Å². The third-order valence-corrected chi connectivity index (χ3v) is 5.87. The number of anilines is 1. The fourth-order valence-corrected chi connectivity index (χ4v) is 4.03. The Kier molecular flexibility index (Phi) is 6.40. The largest absolute Gasteiger partial charge is 0.467 e. The van der Waals surface area contributed by atoms with Crippen molar-refractivity contribution in [1.82, 2.24) is 0 Å². The summed E-state index contributed by atoms with van der Waals surface area (Å²) in [6.07, 6.45) is 1.89. The molecule has 2 aromatic rings. The predicted octanol–water partition coefficient (Wildman–Crippen LogP) is 3.96. The smallest absolute Gasteiger partial charge is 0.338 e. The van der Waals surface area contributed by atoms with E-state index >= 15 is 0 Å². The summed E-state index contributed by atoms with van der Waals surface area (Å²) in [5.41, 5.74) is 0.975. The van der Waals surface area contributed by atoms with Crippen molar-refractivity contribution >= 4 is 23.0 Å². The molecule has 2 aromatic carbocycles. The fourth-order valence-electron chi connectivity index (χ4n) is 4.03. The predicted molar refractivity (Wildman–Crippen MR) is 116 cm³/mol. The van der Waals surface area contributed by atoms with E-state index in [1.807, 2.05) is 4.90 Å². The van der Waals surface area contributed by atoms with Crippen LogP contribution in [-0.4, -0.2) is 35.7 Å². The second-order valence-electron chi connectivity index (χ2n) is 8.17. The number of nitro benzene ring substituents is 2. The molecule has 1 fully saturated rings. The van der Waals surface area contributed by atoms with Crippen molar-refractivity contribution in [3.8, 4) is 5.75 Å². The third-order valence-electron chi connectivity index (χ3n) is 5.87. The van der Waals surface area contributed by atoms with Gasteiger partial charge in [-0.05, 0) is 30.9 Å². The first-order valence-electron chi connectivity index (χ1n) is 10.5. The molecule has 2 heterocycles. The van der Waals surface area contributed by atoms with Crippen LogP contribution in [-0.2, 0) is 22.7 Å². The van der Waals surface area contributed by atoms with Crippen LogP contribution in [0.5, 0.6) is 5.75 Å². The Labute approximate surface area is 189 Å². The van der Waals surface area contributed by atoms with E-state index in [9.17, 15) is 25.0 Å². The second kappa shape index (κ2) is 9.41. The van der Waals surface area contributed by atoms with E-state index in [1.54, 1.807) is 6.07 Å². The van der Waals surface area contributed by atoms with Gasteiger partial charge < -0.3 is 19.1 Å². The van der Waals surface area contributed by atoms with Crippen LogP contribution in [0.2, 0.25) is 0 Å². The molecular weight excluding hydrogens is 434 g/mol. The number of hydrogen-bond donors (Lipinski definition) is 0. The molecule has 0 atom stereocenters. The number of benzene rings is 2. The second-order valence-corrected chi connectivity index (χ2v) is 8.17. The fraction of sp³-hybridized carbons (Fsp3) is 0.409. The van der Waals surface area contributed by atoms with Gasteiger partial charge in [0.1, 0.15) is 18.0 Å². The molecule has 2 aliphatic rings. The first-order chi connectivity index (χ1) is 15.8. The van der Waals surface area contributed by atoms with Gasteiger partial charge in [0.25, 0.3) is 11.4 Å². The van der Waals surface area contributed by atoms with Crippen molar-refractivity contribution in [2.75, 3.05) is 24.8 Å². The summed E-state index contributed by atoms with van der Waals surface area (Å²) in [5.74, 6) is 0.175. The third kappa shape index (κ3) is 4.87. The summed E-state index contributed by atoms with van der Waals surface area (Å²) < 4.78 is 15.9. The highest BCUT2D eigenvalue weighted by Gasteiger charge is 2.26. The number of piperidine rings is 1. The van der Waals surface area contributed by atoms with Gasteiger partial charge in [-0.1, -0.05) is 6.92 Å². The SMILES string of the molecule is CC1CCN(c2ccc(C(=O)OCc3cc([N+](=O)[O-])cc4c3OCOC4)cc2[N+](=O)[O-])CC1. The molecule has 0 unspecified atom stereocenters. The summed E-state index contributed by atoms with van der Waals surface area (Å²) in [5, 5.41) is 22.9. The van der Waals surface area contributed by atoms with Gasteiger partial charge in [-0.3, -0.25) is 20.2 Å². The van der Waals surface area contributed by atoms with Crippen LogP contribution >= 0.6 is 0 Å². The van der Waals surface area contributed by atoms with E-state index in [2.05, 4.69) is 6.92 Å². The average Bonchev–Trinajstić information content (AvgIpc) is 2.82. The Bertz CT molecular complexity index is 1100. The topological polar surface area (TPSA) is 134 Å². The highest BCUT2D eigenvalue weighted by Crippen LogP contribution is 2.34. The lowest BCUT2D eigenvalue weighted by Gasteiger charge is -2.31. The number of fused-ring (bicyclic) bond motifs is 1. The lowest BCUT2D eigenvalue weighted by Crippen LogP contribution is -2.33. The zero-order chi connectivity index (χ0) is 23.5. The summed E-state index contributed by atoms with van der Waals surface area (Å²) in [7, 11) is 0. The van der Waals surface area contributed by atoms with Crippen LogP contribution in [0.15, 0.2) is 30.3 Å². The molecule has 4 rings (SSSR count). The number of hydrogen-bond acceptors (Lipinski definition) is 9. The molecule has 0 aliphatic carbocycles. The summed E-state index contributed by atoms with van der Waals surface area (Å²) in [6.45, 7) is 3.42. The number of esters is 1. The molecule has 0 aromatic heterocycles. The maximum Gasteiger partial charge on any atom is 0.338 e. The van der Waals surface area contributed by atoms with Crippen molar-refractivity contribution in [2.45, 2.75) is 33.0 Å². The number of nitrogens with zero attached hydrogens (tertiary/aromatic N) is 3. The van der Waals surface area contributed by atoms with E-state index in [-0.39, 0.29) is 36.9 Å². The van der Waals surface area contributed by atoms with Gasteiger partial charge in [-0.25, -0.2) is 4.79 Å². The van der Waals surface area contributed by atoms with Gasteiger partial charge in [-0.2, -0.15) is 0 Å². The van der Waals surface area contributed by atoms with E-state index in [1.165, 1.54) is 24.3 Å². The number of ether oxygens (including phenoxy) is 3. The maximum atomic E-state index is 12.7. The zero-order valence-corrected chi connectivity index (χ0v) is 18.0. The molecule has 11 heteroatoms. The van der Waals surface area contributed by atoms with Crippen molar-refractivity contribution in [3.63, 3.8) is 0 Å². The Balaban J connectivity index is 1.53. The summed E-state index contributed by atoms with van der Waals surface area (Å²) >= 11 is 0. The molecule has 0 bridgehead atoms. The molecule has 11 nitrogen and oxygen atoms in total. The van der Waals surface area contributed by atoms with E-state index in [0.717, 1.165) is 12.8 Å². The quantitative estimate of drug-likeness (QED) is 0.359. The van der Waals surface area contributed by atoms with Gasteiger partial charge in [0, 0.05) is 42.4 Å². The van der Waals surface area contributed by atoms with Crippen LogP contribution in [0, 0.1) is 26.1 Å². The van der Waals surface area contributed by atoms with E-state index in [0.29, 0.717) is 41.6 Å². The molecule has 0 spiro atoms. The minimum absolute atomic E-state index is 0.0192. The summed E-state index contributed by atoms with van der Waals surface area (Å²) in [6, 6.07) is 6.91. The molecule has 174 valence electrons. The van der Waals surface area contributed by atoms with Crippen LogP contribution in [0.25, 0.3) is 0 Å². The molecule has 0 N–H and O–H groups in total. The number of nitro groups is 2. The number of carbonyl (C=O) groups is 1. The van der Waals surface area contributed by atoms with Crippen molar-refractivity contribution < 1.29 is 28.9 Å². The molecule has 0 saturated carbocycles. The Morgan fingerprint density at radius 2 is 1.91 bits per heavy atom. The minimum atomic E-state index is -0.774. The Hall–Kier alpha value is -3.73. The van der Waals surface area contributed by atoms with E-state index < -0.39 is 15.8 Å². The molecule has 0 amide bonds. The van der Waals surface area contributed by atoms with Crippen molar-refractivity contribution in [3.05, 3.63) is 67.3 Å². The molecule has 1 saturated heterocycles. The Morgan fingerprint density at radius 1 is 1.15 bits per heavy atom. The van der Waals surface area contributed by atoms with Gasteiger partial charge >= 0.3 is 5.97 Å². The van der Waals surface area contributed by atoms with E-state index in [4.69, 9.17) is 14.2 Å². The lowest BCUT2D eigenvalue weighted by molar-refractivity contribution is -0.385. The molecule has 33 heavy (non-hydrogen) atoms. The molecular formula is C22H23N3O8. The van der Waals surface area contributed by atoms with Crippen LogP contribution < -0.4 is 9.64 Å². The highest BCUT2D eigenvalue weighted by molar-refractivity contribution is 5.91. The van der Waals surface area contributed by atoms with Gasteiger partial charge in [0.2, 0.25) is 0 Å². The lowest BCUT2D eigenvalue weighted by atomic mass is 9.98. The zero-order valence-electron chi connectivity index (χ0n) is 18.0. The Morgan fingerprint density at radius 3 is 2.61 bits per heavy atom. The van der Waals surface area contributed by atoms with Gasteiger partial charge in [0.05, 0.1) is 22.0 Å². The van der Waals surface area contributed by atoms with Gasteiger partial charge in [-0.15, -0.1) is 0 Å². The molecule has 2 aliphatic heterocycles. The van der Waals surface area contributed by atoms with Gasteiger partial charge in [0.15, 0.2) is 6.79 Å². The normalized spacial score (nSPS) is 16.0. The maximum absolute atomic E-state index is 12.7. The van der Waals surface area contributed by atoms with Crippen LogP contribution in [0.1, 0.15) is 41.3 Å². The summed E-state index contributed by atoms with van der Waals surface area (Å²) in [4.78, 5) is 36.5.